The van der Waals surface area contributed by atoms with Crippen LogP contribution in [0.5, 0.6) is 5.75 Å². The Bertz CT molecular complexity index is 452. The molecule has 19 heavy (non-hydrogen) atoms. The van der Waals surface area contributed by atoms with Crippen LogP contribution in [0, 0.1) is 5.82 Å². The Labute approximate surface area is 113 Å². The molecule has 0 aromatic heterocycles. The van der Waals surface area contributed by atoms with Crippen molar-refractivity contribution in [2.75, 3.05) is 6.61 Å². The van der Waals surface area contributed by atoms with E-state index in [0.717, 1.165) is 6.07 Å². The van der Waals surface area contributed by atoms with Gasteiger partial charge in [-0.3, -0.25) is 4.79 Å². The highest BCUT2D eigenvalue weighted by Gasteiger charge is 2.17. The molecule has 0 N–H and O–H groups in total. The molecule has 0 aliphatic carbocycles. The fourth-order valence-electron chi connectivity index (χ4n) is 1.47. The van der Waals surface area contributed by atoms with E-state index in [4.69, 9.17) is 11.6 Å². The minimum absolute atomic E-state index is 0.0182. The van der Waals surface area contributed by atoms with Crippen LogP contribution in [0.3, 0.4) is 0 Å². The van der Waals surface area contributed by atoms with Crippen LogP contribution < -0.4 is 4.74 Å². The van der Waals surface area contributed by atoms with Gasteiger partial charge in [-0.2, -0.15) is 8.78 Å². The maximum absolute atomic E-state index is 13.8. The number of halogens is 4. The average molecular weight is 297 g/mol. The smallest absolute Gasteiger partial charge is 0.387 e. The maximum Gasteiger partial charge on any atom is 0.387 e. The predicted octanol–water partition coefficient (Wildman–Crippen LogP) is 3.27. The number of hydrogen-bond donors (Lipinski definition) is 0. The predicted molar refractivity (Wildman–Crippen MR) is 62.9 cm³/mol. The topological polar surface area (TPSA) is 35.5 Å². The lowest BCUT2D eigenvalue weighted by atomic mass is 10.1. The van der Waals surface area contributed by atoms with E-state index in [1.54, 1.807) is 6.92 Å². The third kappa shape index (κ3) is 4.63. The Morgan fingerprint density at radius 1 is 1.42 bits per heavy atom. The molecular formula is C12H12ClF3O3. The number of ether oxygens (including phenoxy) is 2. The van der Waals surface area contributed by atoms with Crippen LogP contribution in [0.15, 0.2) is 12.1 Å². The monoisotopic (exact) mass is 296 g/mol. The largest absolute Gasteiger partial charge is 0.466 e. The fraction of sp³-hybridized carbons (Fsp3) is 0.417. The summed E-state index contributed by atoms with van der Waals surface area (Å²) < 4.78 is 46.8. The number of carbonyl (C=O) groups excluding carboxylic acids is 1. The molecule has 0 aliphatic heterocycles. The molecule has 0 radical (unpaired) electrons. The van der Waals surface area contributed by atoms with Crippen LogP contribution in [0.2, 0.25) is 0 Å². The first-order valence-electron chi connectivity index (χ1n) is 5.45. The van der Waals surface area contributed by atoms with Crippen molar-refractivity contribution >= 4 is 17.6 Å². The second-order valence-electron chi connectivity index (χ2n) is 3.56. The highest BCUT2D eigenvalue weighted by molar-refractivity contribution is 6.17. The van der Waals surface area contributed by atoms with Gasteiger partial charge in [0.15, 0.2) is 11.6 Å². The number of alkyl halides is 3. The standard InChI is InChI=1S/C12H12ClF3O3/c1-2-18-10(17)5-8-3-7(6-13)4-9(11(8)14)19-12(15)16/h3-4,12H,2,5-6H2,1H3. The number of benzene rings is 1. The Morgan fingerprint density at radius 3 is 2.63 bits per heavy atom. The van der Waals surface area contributed by atoms with E-state index in [0.29, 0.717) is 5.56 Å². The van der Waals surface area contributed by atoms with Crippen molar-refractivity contribution < 1.29 is 27.4 Å². The van der Waals surface area contributed by atoms with Gasteiger partial charge in [-0.1, -0.05) is 6.07 Å². The van der Waals surface area contributed by atoms with Gasteiger partial charge in [0.05, 0.1) is 13.0 Å². The summed E-state index contributed by atoms with van der Waals surface area (Å²) in [6, 6.07) is 2.39. The van der Waals surface area contributed by atoms with Gasteiger partial charge >= 0.3 is 12.6 Å². The van der Waals surface area contributed by atoms with Crippen LogP contribution in [-0.2, 0) is 21.8 Å². The molecule has 1 rings (SSSR count). The van der Waals surface area contributed by atoms with E-state index in [1.807, 2.05) is 0 Å². The molecule has 1 aromatic rings. The van der Waals surface area contributed by atoms with Gasteiger partial charge in [-0.15, -0.1) is 11.6 Å². The molecule has 0 fully saturated rings. The number of hydrogen-bond acceptors (Lipinski definition) is 3. The minimum Gasteiger partial charge on any atom is -0.466 e. The summed E-state index contributed by atoms with van der Waals surface area (Å²) in [4.78, 5) is 11.3. The highest BCUT2D eigenvalue weighted by Crippen LogP contribution is 2.26. The quantitative estimate of drug-likeness (QED) is 0.597. The lowest BCUT2D eigenvalue weighted by Gasteiger charge is -2.11. The lowest BCUT2D eigenvalue weighted by Crippen LogP contribution is -2.11. The first-order chi connectivity index (χ1) is 8.97. The first kappa shape index (κ1) is 15.6. The van der Waals surface area contributed by atoms with Crippen LogP contribution in [0.4, 0.5) is 13.2 Å². The molecule has 3 nitrogen and oxygen atoms in total. The number of carbonyl (C=O) groups is 1. The second-order valence-corrected chi connectivity index (χ2v) is 3.83. The molecule has 0 amide bonds. The molecule has 0 unspecified atom stereocenters. The zero-order valence-corrected chi connectivity index (χ0v) is 10.8. The average Bonchev–Trinajstić information content (AvgIpc) is 2.33. The van der Waals surface area contributed by atoms with E-state index in [2.05, 4.69) is 9.47 Å². The van der Waals surface area contributed by atoms with Crippen LogP contribution in [0.25, 0.3) is 0 Å². The molecule has 0 saturated heterocycles. The van der Waals surface area contributed by atoms with Crippen LogP contribution in [0.1, 0.15) is 18.1 Å². The molecule has 0 saturated carbocycles. The summed E-state index contributed by atoms with van der Waals surface area (Å²) in [6.07, 6.45) is -0.371. The first-order valence-corrected chi connectivity index (χ1v) is 5.99. The van der Waals surface area contributed by atoms with Gasteiger partial charge in [0, 0.05) is 11.4 Å². The van der Waals surface area contributed by atoms with Gasteiger partial charge < -0.3 is 9.47 Å². The van der Waals surface area contributed by atoms with Gasteiger partial charge in [-0.25, -0.2) is 4.39 Å². The van der Waals surface area contributed by atoms with Crippen molar-refractivity contribution in [3.05, 3.63) is 29.1 Å². The van der Waals surface area contributed by atoms with E-state index in [-0.39, 0.29) is 24.5 Å². The van der Waals surface area contributed by atoms with Gasteiger partial charge in [0.25, 0.3) is 0 Å². The Balaban J connectivity index is 3.04. The van der Waals surface area contributed by atoms with Crippen LogP contribution in [-0.4, -0.2) is 19.2 Å². The lowest BCUT2D eigenvalue weighted by molar-refractivity contribution is -0.142. The van der Waals surface area contributed by atoms with Crippen LogP contribution >= 0.6 is 11.6 Å². The summed E-state index contributed by atoms with van der Waals surface area (Å²) in [6.45, 7) is -1.40. The molecule has 0 aliphatic rings. The van der Waals surface area contributed by atoms with Gasteiger partial charge in [-0.05, 0) is 18.6 Å². The summed E-state index contributed by atoms with van der Waals surface area (Å²) in [7, 11) is 0. The Morgan fingerprint density at radius 2 is 2.11 bits per heavy atom. The molecule has 0 spiro atoms. The SMILES string of the molecule is CCOC(=O)Cc1cc(CCl)cc(OC(F)F)c1F. The Kier molecular flexibility index (Phi) is 5.95. The third-order valence-electron chi connectivity index (χ3n) is 2.18. The highest BCUT2D eigenvalue weighted by atomic mass is 35.5. The number of esters is 1. The Hall–Kier alpha value is -1.43. The summed E-state index contributed by atoms with van der Waals surface area (Å²) in [5.74, 6) is -2.32. The van der Waals surface area contributed by atoms with Crippen molar-refractivity contribution in [3.63, 3.8) is 0 Å². The van der Waals surface area contributed by atoms with E-state index in [9.17, 15) is 18.0 Å². The fourth-order valence-corrected chi connectivity index (χ4v) is 1.63. The van der Waals surface area contributed by atoms with Crippen molar-refractivity contribution in [1.29, 1.82) is 0 Å². The summed E-state index contributed by atoms with van der Waals surface area (Å²) in [5.41, 5.74) is 0.283. The molecule has 0 heterocycles. The summed E-state index contributed by atoms with van der Waals surface area (Å²) >= 11 is 5.58. The van der Waals surface area contributed by atoms with Gasteiger partial charge in [0.2, 0.25) is 0 Å². The van der Waals surface area contributed by atoms with Crippen molar-refractivity contribution in [2.24, 2.45) is 0 Å². The van der Waals surface area contributed by atoms with E-state index >= 15 is 0 Å². The van der Waals surface area contributed by atoms with Gasteiger partial charge in [0.1, 0.15) is 0 Å². The molecule has 0 atom stereocenters. The molecule has 1 aromatic carbocycles. The normalized spacial score (nSPS) is 10.6. The zero-order chi connectivity index (χ0) is 14.4. The maximum atomic E-state index is 13.8. The molecule has 106 valence electrons. The summed E-state index contributed by atoms with van der Waals surface area (Å²) in [5, 5.41) is 0. The molecule has 7 heteroatoms. The zero-order valence-electron chi connectivity index (χ0n) is 10.1. The number of rotatable bonds is 6. The van der Waals surface area contributed by atoms with E-state index < -0.39 is 24.1 Å². The second kappa shape index (κ2) is 7.23. The molecule has 0 bridgehead atoms. The molecular weight excluding hydrogens is 285 g/mol. The van der Waals surface area contributed by atoms with Crippen molar-refractivity contribution in [2.45, 2.75) is 25.8 Å². The van der Waals surface area contributed by atoms with E-state index in [1.165, 1.54) is 6.07 Å². The van der Waals surface area contributed by atoms with Crippen molar-refractivity contribution in [1.82, 2.24) is 0 Å². The minimum atomic E-state index is -3.16. The third-order valence-corrected chi connectivity index (χ3v) is 2.49. The van der Waals surface area contributed by atoms with Crippen molar-refractivity contribution in [3.8, 4) is 5.75 Å².